The second-order valence-corrected chi connectivity index (χ2v) is 6.29. The molecular formula is C13H26IN3O. The summed E-state index contributed by atoms with van der Waals surface area (Å²) in [6.45, 7) is 8.85. The molecule has 2 N–H and O–H groups in total. The molecule has 1 amide bonds. The van der Waals surface area contributed by atoms with Crippen LogP contribution in [0.3, 0.4) is 0 Å². The maximum atomic E-state index is 11.7. The summed E-state index contributed by atoms with van der Waals surface area (Å²) in [7, 11) is 0. The zero-order valence-corrected chi connectivity index (χ0v) is 13.7. The number of piperidine rings is 1. The molecule has 0 aliphatic carbocycles. The minimum Gasteiger partial charge on any atom is -0.353 e. The Labute approximate surface area is 125 Å². The van der Waals surface area contributed by atoms with E-state index in [4.69, 9.17) is 0 Å². The molecule has 1 aliphatic rings. The van der Waals surface area contributed by atoms with Crippen LogP contribution in [0.5, 0.6) is 0 Å². The first-order chi connectivity index (χ1) is 8.61. The summed E-state index contributed by atoms with van der Waals surface area (Å²) >= 11 is 2.11. The highest BCUT2D eigenvalue weighted by Crippen LogP contribution is 2.12. The molecule has 1 aliphatic heterocycles. The number of rotatable bonds is 7. The van der Waals surface area contributed by atoms with Gasteiger partial charge in [0.1, 0.15) is 0 Å². The molecule has 0 atom stereocenters. The second-order valence-electron chi connectivity index (χ2n) is 5.52. The highest BCUT2D eigenvalue weighted by molar-refractivity contribution is 14.1. The van der Waals surface area contributed by atoms with Crippen LogP contribution in [-0.4, -0.2) is 43.0 Å². The fraction of sp³-hybridized carbons (Fsp3) is 0.923. The van der Waals surface area contributed by atoms with Crippen molar-refractivity contribution in [3.8, 4) is 0 Å². The zero-order chi connectivity index (χ0) is 13.4. The van der Waals surface area contributed by atoms with Gasteiger partial charge in [0, 0.05) is 61.5 Å². The Morgan fingerprint density at radius 1 is 1.39 bits per heavy atom. The number of likely N-dealkylation sites (tertiary alicyclic amines) is 1. The SMILES string of the molecule is CC(C)CN1CCC(NC(=O)CCCNI)CC1. The van der Waals surface area contributed by atoms with Gasteiger partial charge in [-0.1, -0.05) is 13.8 Å². The minimum atomic E-state index is 0.212. The van der Waals surface area contributed by atoms with Gasteiger partial charge in [0.15, 0.2) is 0 Å². The van der Waals surface area contributed by atoms with E-state index in [1.54, 1.807) is 0 Å². The van der Waals surface area contributed by atoms with Gasteiger partial charge >= 0.3 is 0 Å². The van der Waals surface area contributed by atoms with Crippen molar-refractivity contribution in [2.75, 3.05) is 26.2 Å². The first kappa shape index (κ1) is 16.2. The Bertz CT molecular complexity index is 240. The number of nitrogens with zero attached hydrogens (tertiary/aromatic N) is 1. The predicted octanol–water partition coefficient (Wildman–Crippen LogP) is 1.94. The van der Waals surface area contributed by atoms with Gasteiger partial charge in [0.2, 0.25) is 5.91 Å². The van der Waals surface area contributed by atoms with Crippen molar-refractivity contribution in [1.82, 2.24) is 13.7 Å². The molecule has 0 aromatic rings. The number of hydrogen-bond acceptors (Lipinski definition) is 3. The Morgan fingerprint density at radius 3 is 2.61 bits per heavy atom. The Morgan fingerprint density at radius 2 is 2.06 bits per heavy atom. The van der Waals surface area contributed by atoms with Crippen molar-refractivity contribution in [3.63, 3.8) is 0 Å². The maximum absolute atomic E-state index is 11.7. The van der Waals surface area contributed by atoms with E-state index in [1.807, 2.05) is 0 Å². The Hall–Kier alpha value is 0.120. The molecule has 0 aromatic carbocycles. The minimum absolute atomic E-state index is 0.212. The lowest BCUT2D eigenvalue weighted by atomic mass is 10.0. The van der Waals surface area contributed by atoms with E-state index in [0.29, 0.717) is 12.5 Å². The molecule has 106 valence electrons. The summed E-state index contributed by atoms with van der Waals surface area (Å²) in [5.41, 5.74) is 0. The number of nitrogens with one attached hydrogen (secondary N) is 2. The monoisotopic (exact) mass is 367 g/mol. The van der Waals surface area contributed by atoms with Crippen molar-refractivity contribution in [1.29, 1.82) is 0 Å². The number of hydrogen-bond donors (Lipinski definition) is 2. The number of amides is 1. The molecule has 1 fully saturated rings. The standard InChI is InChI=1S/C13H26IN3O/c1-11(2)10-17-8-5-12(6-9-17)16-13(18)4-3-7-15-14/h11-12,15H,3-10H2,1-2H3,(H,16,18). The second kappa shape index (κ2) is 9.09. The largest absolute Gasteiger partial charge is 0.353 e. The van der Waals surface area contributed by atoms with Crippen LogP contribution in [0.15, 0.2) is 0 Å². The normalized spacial score (nSPS) is 18.2. The fourth-order valence-corrected chi connectivity index (χ4v) is 2.77. The molecule has 18 heavy (non-hydrogen) atoms. The van der Waals surface area contributed by atoms with Crippen molar-refractivity contribution in [3.05, 3.63) is 0 Å². The number of halogens is 1. The van der Waals surface area contributed by atoms with Crippen LogP contribution in [0.2, 0.25) is 0 Å². The van der Waals surface area contributed by atoms with Crippen LogP contribution in [0.25, 0.3) is 0 Å². The van der Waals surface area contributed by atoms with Gasteiger partial charge in [-0.25, -0.2) is 0 Å². The maximum Gasteiger partial charge on any atom is 0.220 e. The lowest BCUT2D eigenvalue weighted by molar-refractivity contribution is -0.122. The van der Waals surface area contributed by atoms with E-state index < -0.39 is 0 Å². The quantitative estimate of drug-likeness (QED) is 0.411. The first-order valence-electron chi connectivity index (χ1n) is 6.97. The molecule has 1 saturated heterocycles. The lowest BCUT2D eigenvalue weighted by Gasteiger charge is -2.33. The van der Waals surface area contributed by atoms with E-state index in [2.05, 4.69) is 50.5 Å². The zero-order valence-electron chi connectivity index (χ0n) is 11.5. The van der Waals surface area contributed by atoms with Gasteiger partial charge in [-0.3, -0.25) is 8.32 Å². The fourth-order valence-electron chi connectivity index (χ4n) is 2.39. The van der Waals surface area contributed by atoms with Crippen molar-refractivity contribution >= 4 is 28.8 Å². The molecule has 0 bridgehead atoms. The third-order valence-electron chi connectivity index (χ3n) is 3.25. The summed E-state index contributed by atoms with van der Waals surface area (Å²) in [6, 6.07) is 0.397. The summed E-state index contributed by atoms with van der Waals surface area (Å²) in [5, 5.41) is 3.16. The molecule has 0 saturated carbocycles. The van der Waals surface area contributed by atoms with Crippen molar-refractivity contribution in [2.45, 2.75) is 45.6 Å². The van der Waals surface area contributed by atoms with Crippen LogP contribution in [-0.2, 0) is 4.79 Å². The van der Waals surface area contributed by atoms with Gasteiger partial charge < -0.3 is 10.2 Å². The van der Waals surface area contributed by atoms with E-state index >= 15 is 0 Å². The molecule has 0 spiro atoms. The number of carbonyl (C=O) groups excluding carboxylic acids is 1. The number of carbonyl (C=O) groups is 1. The third-order valence-corrected chi connectivity index (χ3v) is 3.79. The van der Waals surface area contributed by atoms with Gasteiger partial charge in [-0.2, -0.15) is 0 Å². The molecule has 0 radical (unpaired) electrons. The van der Waals surface area contributed by atoms with Gasteiger partial charge in [0.05, 0.1) is 0 Å². The predicted molar refractivity (Wildman–Crippen MR) is 83.7 cm³/mol. The third kappa shape index (κ3) is 6.89. The van der Waals surface area contributed by atoms with Crippen LogP contribution < -0.4 is 8.85 Å². The van der Waals surface area contributed by atoms with E-state index in [9.17, 15) is 4.79 Å². The van der Waals surface area contributed by atoms with Crippen LogP contribution in [0.4, 0.5) is 0 Å². The topological polar surface area (TPSA) is 44.4 Å². The molecule has 1 rings (SSSR count). The van der Waals surface area contributed by atoms with E-state index in [0.717, 1.165) is 44.8 Å². The Kier molecular flexibility index (Phi) is 8.17. The van der Waals surface area contributed by atoms with Gasteiger partial charge in [-0.15, -0.1) is 0 Å². The average Bonchev–Trinajstić information content (AvgIpc) is 2.31. The Balaban J connectivity index is 2.13. The average molecular weight is 367 g/mol. The van der Waals surface area contributed by atoms with E-state index in [1.165, 1.54) is 6.54 Å². The summed E-state index contributed by atoms with van der Waals surface area (Å²) in [4.78, 5) is 14.2. The summed E-state index contributed by atoms with van der Waals surface area (Å²) in [6.07, 6.45) is 3.76. The van der Waals surface area contributed by atoms with Crippen LogP contribution in [0, 0.1) is 5.92 Å². The van der Waals surface area contributed by atoms with Crippen molar-refractivity contribution < 1.29 is 4.79 Å². The van der Waals surface area contributed by atoms with Gasteiger partial charge in [-0.05, 0) is 25.2 Å². The summed E-state index contributed by atoms with van der Waals surface area (Å²) in [5.74, 6) is 0.945. The molecular weight excluding hydrogens is 341 g/mol. The molecule has 0 aromatic heterocycles. The van der Waals surface area contributed by atoms with E-state index in [-0.39, 0.29) is 5.91 Å². The smallest absolute Gasteiger partial charge is 0.220 e. The van der Waals surface area contributed by atoms with Crippen LogP contribution >= 0.6 is 22.9 Å². The van der Waals surface area contributed by atoms with Crippen LogP contribution in [0.1, 0.15) is 39.5 Å². The van der Waals surface area contributed by atoms with Gasteiger partial charge in [0.25, 0.3) is 0 Å². The highest BCUT2D eigenvalue weighted by atomic mass is 127. The highest BCUT2D eigenvalue weighted by Gasteiger charge is 2.20. The first-order valence-corrected chi connectivity index (χ1v) is 8.05. The summed E-state index contributed by atoms with van der Waals surface area (Å²) < 4.78 is 3.03. The lowest BCUT2D eigenvalue weighted by Crippen LogP contribution is -2.45. The molecule has 5 heteroatoms. The molecule has 0 unspecified atom stereocenters. The molecule has 1 heterocycles. The van der Waals surface area contributed by atoms with Crippen molar-refractivity contribution in [2.24, 2.45) is 5.92 Å². The molecule has 4 nitrogen and oxygen atoms in total.